The number of unbranched alkanes of at least 4 members (excludes halogenated alkanes) is 29. The lowest BCUT2D eigenvalue weighted by atomic mass is 9.98. The number of carbonyl (C=O) groups is 4. The number of carboxylic acids is 1. The maximum absolute atomic E-state index is 13.0. The minimum absolute atomic E-state index is 0.0560. The maximum Gasteiger partial charge on any atom is 0.335 e. The summed E-state index contributed by atoms with van der Waals surface area (Å²) in [6.45, 7) is 5.95. The van der Waals surface area contributed by atoms with Crippen LogP contribution < -0.4 is 0 Å². The van der Waals surface area contributed by atoms with E-state index in [1.807, 2.05) is 0 Å². The zero-order valence-corrected chi connectivity index (χ0v) is 41.5. The molecule has 65 heavy (non-hydrogen) atoms. The number of carboxylic acid groups (broad SMARTS) is 1. The monoisotopic (exact) mass is 925 g/mol. The number of rotatable bonds is 45. The van der Waals surface area contributed by atoms with Crippen LogP contribution in [-0.2, 0) is 42.9 Å². The van der Waals surface area contributed by atoms with Crippen LogP contribution in [0.2, 0.25) is 0 Å². The van der Waals surface area contributed by atoms with Gasteiger partial charge in [-0.15, -0.1) is 0 Å². The van der Waals surface area contributed by atoms with E-state index in [1.165, 1.54) is 116 Å². The third-order valence-electron chi connectivity index (χ3n) is 12.3. The van der Waals surface area contributed by atoms with E-state index in [0.29, 0.717) is 19.3 Å². The van der Waals surface area contributed by atoms with Crippen molar-refractivity contribution in [3.8, 4) is 0 Å². The summed E-state index contributed by atoms with van der Waals surface area (Å²) in [5.74, 6) is -3.10. The lowest BCUT2D eigenvalue weighted by Crippen LogP contribution is -2.61. The molecule has 12 heteroatoms. The fraction of sp³-hybridized carbons (Fsp3) is 0.887. The second-order valence-electron chi connectivity index (χ2n) is 18.5. The van der Waals surface area contributed by atoms with Gasteiger partial charge in [0.05, 0.1) is 6.61 Å². The largest absolute Gasteiger partial charge is 0.479 e. The molecule has 0 bridgehead atoms. The van der Waals surface area contributed by atoms with Crippen LogP contribution in [0, 0.1) is 0 Å². The molecule has 1 fully saturated rings. The fourth-order valence-electron chi connectivity index (χ4n) is 8.19. The molecule has 1 aliphatic heterocycles. The lowest BCUT2D eigenvalue weighted by molar-refractivity contribution is -0.301. The summed E-state index contributed by atoms with van der Waals surface area (Å²) in [4.78, 5) is 50.8. The Morgan fingerprint density at radius 2 is 0.877 bits per heavy atom. The van der Waals surface area contributed by atoms with Gasteiger partial charge in [-0.2, -0.15) is 0 Å². The van der Waals surface area contributed by atoms with Gasteiger partial charge in [-0.1, -0.05) is 200 Å². The van der Waals surface area contributed by atoms with Crippen molar-refractivity contribution >= 4 is 23.9 Å². The molecule has 0 radical (unpaired) electrons. The number of hydrogen-bond donors (Lipinski definition) is 3. The van der Waals surface area contributed by atoms with E-state index in [-0.39, 0.29) is 25.9 Å². The number of aliphatic hydroxyl groups is 2. The van der Waals surface area contributed by atoms with Crippen LogP contribution in [0.4, 0.5) is 0 Å². The topological polar surface area (TPSA) is 175 Å². The van der Waals surface area contributed by atoms with Crippen molar-refractivity contribution in [1.82, 2.24) is 0 Å². The second kappa shape index (κ2) is 42.8. The predicted molar refractivity (Wildman–Crippen MR) is 257 cm³/mol. The minimum Gasteiger partial charge on any atom is -0.479 e. The van der Waals surface area contributed by atoms with Crippen LogP contribution in [0.1, 0.15) is 252 Å². The van der Waals surface area contributed by atoms with E-state index in [0.717, 1.165) is 77.0 Å². The maximum atomic E-state index is 13.0. The minimum atomic E-state index is -1.90. The number of ether oxygens (including phenoxy) is 5. The van der Waals surface area contributed by atoms with E-state index < -0.39 is 67.3 Å². The van der Waals surface area contributed by atoms with Crippen molar-refractivity contribution in [2.45, 2.75) is 289 Å². The molecule has 0 aromatic heterocycles. The van der Waals surface area contributed by atoms with Gasteiger partial charge in [0, 0.05) is 19.3 Å². The van der Waals surface area contributed by atoms with Gasteiger partial charge in [-0.25, -0.2) is 4.79 Å². The number of esters is 3. The Labute approximate surface area is 395 Å². The van der Waals surface area contributed by atoms with Crippen LogP contribution in [0.25, 0.3) is 0 Å². The third kappa shape index (κ3) is 33.6. The molecule has 1 heterocycles. The second-order valence-corrected chi connectivity index (χ2v) is 18.5. The van der Waals surface area contributed by atoms with Crippen molar-refractivity contribution < 1.29 is 58.2 Å². The summed E-state index contributed by atoms with van der Waals surface area (Å²) in [5.41, 5.74) is 0. The van der Waals surface area contributed by atoms with E-state index >= 15 is 0 Å². The molecule has 3 N–H and O–H groups in total. The average molecular weight is 925 g/mol. The first-order chi connectivity index (χ1) is 31.6. The summed E-state index contributed by atoms with van der Waals surface area (Å²) in [6, 6.07) is 0. The van der Waals surface area contributed by atoms with Crippen molar-refractivity contribution in [2.75, 3.05) is 13.2 Å². The molecule has 12 nitrogen and oxygen atoms in total. The van der Waals surface area contributed by atoms with E-state index in [1.54, 1.807) is 0 Å². The Bertz CT molecular complexity index is 1190. The predicted octanol–water partition coefficient (Wildman–Crippen LogP) is 12.6. The third-order valence-corrected chi connectivity index (χ3v) is 12.3. The van der Waals surface area contributed by atoms with Gasteiger partial charge < -0.3 is 39.0 Å². The van der Waals surface area contributed by atoms with Gasteiger partial charge in [0.2, 0.25) is 0 Å². The van der Waals surface area contributed by atoms with Crippen LogP contribution in [0.3, 0.4) is 0 Å². The SMILES string of the molecule is CCCCCC/C=C\CCCCCCCC(=O)OC1C(OCC(COC(=O)CCCCCCCCCCCCC)OC(=O)CCCCCCCCCCCCC)OC(C(=O)O)C(O)C1O. The number of aliphatic hydroxyl groups excluding tert-OH is 2. The average Bonchev–Trinajstić information content (AvgIpc) is 3.29. The Balaban J connectivity index is 2.72. The molecule has 0 amide bonds. The molecule has 1 aliphatic rings. The van der Waals surface area contributed by atoms with Gasteiger partial charge in [-0.3, -0.25) is 14.4 Å². The molecular formula is C53H96O12. The van der Waals surface area contributed by atoms with Gasteiger partial charge in [0.15, 0.2) is 24.6 Å². The Morgan fingerprint density at radius 1 is 0.492 bits per heavy atom. The molecule has 0 aromatic rings. The highest BCUT2D eigenvalue weighted by Crippen LogP contribution is 2.26. The first-order valence-electron chi connectivity index (χ1n) is 26.7. The lowest BCUT2D eigenvalue weighted by Gasteiger charge is -2.40. The van der Waals surface area contributed by atoms with Crippen molar-refractivity contribution in [1.29, 1.82) is 0 Å². The van der Waals surface area contributed by atoms with E-state index in [2.05, 4.69) is 32.9 Å². The number of carbonyl (C=O) groups excluding carboxylic acids is 3. The van der Waals surface area contributed by atoms with E-state index in [4.69, 9.17) is 23.7 Å². The smallest absolute Gasteiger partial charge is 0.335 e. The van der Waals surface area contributed by atoms with Gasteiger partial charge >= 0.3 is 23.9 Å². The van der Waals surface area contributed by atoms with Crippen LogP contribution in [-0.4, -0.2) is 89.2 Å². The molecule has 0 aromatic carbocycles. The summed E-state index contributed by atoms with van der Waals surface area (Å²) >= 11 is 0. The Hall–Kier alpha value is -2.54. The summed E-state index contributed by atoms with van der Waals surface area (Å²) in [6.07, 6.45) is 32.0. The normalized spacial score (nSPS) is 19.1. The zero-order valence-electron chi connectivity index (χ0n) is 41.5. The Kier molecular flexibility index (Phi) is 39.8. The van der Waals surface area contributed by atoms with Crippen molar-refractivity contribution in [3.05, 3.63) is 12.2 Å². The van der Waals surface area contributed by atoms with Crippen LogP contribution in [0.5, 0.6) is 0 Å². The number of aliphatic carboxylic acids is 1. The highest BCUT2D eigenvalue weighted by Gasteiger charge is 2.50. The number of hydrogen-bond acceptors (Lipinski definition) is 11. The molecule has 1 rings (SSSR count). The summed E-state index contributed by atoms with van der Waals surface area (Å²) < 4.78 is 28.3. The fourth-order valence-corrected chi connectivity index (χ4v) is 8.19. The molecule has 0 saturated carbocycles. The molecule has 0 spiro atoms. The highest BCUT2D eigenvalue weighted by molar-refractivity contribution is 5.74. The molecule has 0 aliphatic carbocycles. The molecular weight excluding hydrogens is 829 g/mol. The molecule has 6 atom stereocenters. The van der Waals surface area contributed by atoms with Crippen LogP contribution in [0.15, 0.2) is 12.2 Å². The van der Waals surface area contributed by atoms with Gasteiger partial charge in [0.25, 0.3) is 0 Å². The van der Waals surface area contributed by atoms with Crippen molar-refractivity contribution in [2.24, 2.45) is 0 Å². The first-order valence-corrected chi connectivity index (χ1v) is 26.7. The Morgan fingerprint density at radius 3 is 1.32 bits per heavy atom. The standard InChI is InChI=1S/C53H96O12/c1-4-7-10-13-16-19-22-23-26-29-32-35-38-41-47(56)64-51-49(58)48(57)50(52(59)60)65-53(51)62-43-44(63-46(55)40-37-34-31-28-25-21-18-15-12-9-6-3)42-61-45(54)39-36-33-30-27-24-20-17-14-11-8-5-2/h19,22,44,48-51,53,57-58H,4-18,20-21,23-43H2,1-3H3,(H,59,60)/b22-19-. The van der Waals surface area contributed by atoms with Crippen molar-refractivity contribution in [3.63, 3.8) is 0 Å². The summed E-state index contributed by atoms with van der Waals surface area (Å²) in [5, 5.41) is 31.3. The van der Waals surface area contributed by atoms with E-state index in [9.17, 15) is 34.5 Å². The van der Waals surface area contributed by atoms with Gasteiger partial charge in [0.1, 0.15) is 18.8 Å². The first kappa shape index (κ1) is 60.5. The highest BCUT2D eigenvalue weighted by atomic mass is 16.7. The molecule has 380 valence electrons. The molecule has 6 unspecified atom stereocenters. The molecule has 1 saturated heterocycles. The zero-order chi connectivity index (χ0) is 47.6. The van der Waals surface area contributed by atoms with Gasteiger partial charge in [-0.05, 0) is 44.9 Å². The van der Waals surface area contributed by atoms with Crippen LogP contribution >= 0.6 is 0 Å². The summed E-state index contributed by atoms with van der Waals surface area (Å²) in [7, 11) is 0. The quantitative estimate of drug-likeness (QED) is 0.0228. The number of allylic oxidation sites excluding steroid dienone is 2.